The Bertz CT molecular complexity index is 1030. The van der Waals surface area contributed by atoms with Crippen molar-refractivity contribution < 1.29 is 14.3 Å². The molecular weight excluding hydrogens is 462 g/mol. The second kappa shape index (κ2) is 12.3. The highest BCUT2D eigenvalue weighted by atomic mass is 32.2. The number of esters is 1. The van der Waals surface area contributed by atoms with Crippen LogP contribution in [-0.2, 0) is 40.1 Å². The molecule has 0 saturated carbocycles. The largest absolute Gasteiger partial charge is 0.466 e. The number of nitrogens with zero attached hydrogens (tertiary/aromatic N) is 4. The zero-order valence-electron chi connectivity index (χ0n) is 19.4. The van der Waals surface area contributed by atoms with Gasteiger partial charge in [-0.05, 0) is 59.7 Å². The predicted octanol–water partition coefficient (Wildman–Crippen LogP) is 2.37. The number of rotatable bonds is 11. The fourth-order valence-electron chi connectivity index (χ4n) is 3.74. The summed E-state index contributed by atoms with van der Waals surface area (Å²) < 4.78 is 6.74. The van der Waals surface area contributed by atoms with Crippen molar-refractivity contribution >= 4 is 40.1 Å². The van der Waals surface area contributed by atoms with E-state index in [1.165, 1.54) is 23.1 Å². The third-order valence-electron chi connectivity index (χ3n) is 5.21. The molecule has 2 heterocycles. The molecule has 1 N–H and O–H groups in total. The maximum absolute atomic E-state index is 12.7. The summed E-state index contributed by atoms with van der Waals surface area (Å²) in [6, 6.07) is 0. The fourth-order valence-corrected chi connectivity index (χ4v) is 5.34. The van der Waals surface area contributed by atoms with Crippen LogP contribution < -0.4 is 11.0 Å². The molecule has 9 nitrogen and oxygen atoms in total. The van der Waals surface area contributed by atoms with Gasteiger partial charge in [-0.15, -0.1) is 11.3 Å². The van der Waals surface area contributed by atoms with E-state index in [9.17, 15) is 14.4 Å². The van der Waals surface area contributed by atoms with Crippen LogP contribution >= 0.6 is 23.1 Å². The van der Waals surface area contributed by atoms with Crippen LogP contribution in [0.25, 0.3) is 0 Å². The van der Waals surface area contributed by atoms with Gasteiger partial charge >= 0.3 is 11.7 Å². The minimum atomic E-state index is -0.344. The Hall–Kier alpha value is -2.24. The maximum Gasteiger partial charge on any atom is 0.348 e. The number of carbonyl (C=O) groups excluding carboxylic acids is 2. The average Bonchev–Trinajstić information content (AvgIpc) is 3.20. The Labute approximate surface area is 201 Å². The van der Waals surface area contributed by atoms with Crippen LogP contribution in [0.4, 0.5) is 5.13 Å². The first-order chi connectivity index (χ1) is 15.9. The smallest absolute Gasteiger partial charge is 0.348 e. The molecule has 0 radical (unpaired) electrons. The molecule has 1 amide bonds. The summed E-state index contributed by atoms with van der Waals surface area (Å²) in [6.45, 7) is 3.65. The molecule has 3 rings (SSSR count). The Kier molecular flexibility index (Phi) is 9.45. The van der Waals surface area contributed by atoms with Gasteiger partial charge in [0.05, 0.1) is 24.5 Å². The van der Waals surface area contributed by atoms with Gasteiger partial charge in [0.2, 0.25) is 5.91 Å². The zero-order valence-corrected chi connectivity index (χ0v) is 21.0. The van der Waals surface area contributed by atoms with Gasteiger partial charge < -0.3 is 15.0 Å². The summed E-state index contributed by atoms with van der Waals surface area (Å²) in [4.78, 5) is 47.5. The van der Waals surface area contributed by atoms with Gasteiger partial charge in [0.25, 0.3) is 0 Å². The number of aromatic nitrogens is 3. The van der Waals surface area contributed by atoms with E-state index in [0.29, 0.717) is 29.0 Å². The number of ether oxygens (including phenoxy) is 1. The first-order valence-electron chi connectivity index (χ1n) is 11.2. The minimum absolute atomic E-state index is 0.0792. The monoisotopic (exact) mass is 493 g/mol. The Morgan fingerprint density at radius 1 is 1.27 bits per heavy atom. The molecule has 0 fully saturated rings. The molecular formula is C22H31N5O4S2. The molecule has 2 aromatic rings. The molecule has 11 heteroatoms. The normalized spacial score (nSPS) is 13.1. The molecule has 180 valence electrons. The van der Waals surface area contributed by atoms with Crippen LogP contribution in [0.1, 0.15) is 43.1 Å². The number of carbonyl (C=O) groups is 2. The van der Waals surface area contributed by atoms with Gasteiger partial charge in [-0.25, -0.2) is 9.78 Å². The summed E-state index contributed by atoms with van der Waals surface area (Å²) in [5.74, 6) is -0.432. The van der Waals surface area contributed by atoms with Crippen molar-refractivity contribution in [2.24, 2.45) is 0 Å². The molecule has 1 aliphatic carbocycles. The number of amides is 1. The molecule has 1 aliphatic rings. The molecule has 33 heavy (non-hydrogen) atoms. The van der Waals surface area contributed by atoms with Gasteiger partial charge in [-0.2, -0.15) is 4.98 Å². The van der Waals surface area contributed by atoms with Gasteiger partial charge in [-0.1, -0.05) is 11.8 Å². The Balaban J connectivity index is 1.62. The summed E-state index contributed by atoms with van der Waals surface area (Å²) in [6.07, 6.45) is 4.85. The van der Waals surface area contributed by atoms with Crippen molar-refractivity contribution in [3.63, 3.8) is 0 Å². The molecule has 0 aliphatic heterocycles. The number of anilines is 1. The zero-order chi connectivity index (χ0) is 23.8. The number of fused-ring (bicyclic) bond motifs is 1. The quantitative estimate of drug-likeness (QED) is 0.289. The molecule has 0 unspecified atom stereocenters. The number of hydrogen-bond donors (Lipinski definition) is 1. The highest BCUT2D eigenvalue weighted by molar-refractivity contribution is 8.00. The van der Waals surface area contributed by atoms with E-state index in [-0.39, 0.29) is 29.7 Å². The maximum atomic E-state index is 12.7. The van der Waals surface area contributed by atoms with Crippen LogP contribution in [0.15, 0.2) is 15.2 Å². The van der Waals surface area contributed by atoms with E-state index < -0.39 is 0 Å². The Morgan fingerprint density at radius 3 is 2.82 bits per heavy atom. The first kappa shape index (κ1) is 25.4. The molecule has 0 atom stereocenters. The molecule has 0 aromatic carbocycles. The highest BCUT2D eigenvalue weighted by Gasteiger charge is 2.21. The third kappa shape index (κ3) is 7.38. The van der Waals surface area contributed by atoms with Crippen LogP contribution in [-0.4, -0.2) is 64.3 Å². The molecule has 2 aromatic heterocycles. The van der Waals surface area contributed by atoms with Crippen LogP contribution in [0.3, 0.4) is 0 Å². The van der Waals surface area contributed by atoms with Crippen LogP contribution in [0, 0.1) is 0 Å². The van der Waals surface area contributed by atoms with Crippen molar-refractivity contribution in [2.75, 3.05) is 38.3 Å². The van der Waals surface area contributed by atoms with Gasteiger partial charge in [0, 0.05) is 23.2 Å². The van der Waals surface area contributed by atoms with E-state index in [0.717, 1.165) is 49.9 Å². The van der Waals surface area contributed by atoms with Gasteiger partial charge in [0.1, 0.15) is 5.03 Å². The topological polar surface area (TPSA) is 106 Å². The summed E-state index contributed by atoms with van der Waals surface area (Å²) in [7, 11) is 4.04. The van der Waals surface area contributed by atoms with Gasteiger partial charge in [-0.3, -0.25) is 14.2 Å². The predicted molar refractivity (Wildman–Crippen MR) is 130 cm³/mol. The van der Waals surface area contributed by atoms with E-state index in [2.05, 4.69) is 20.2 Å². The highest BCUT2D eigenvalue weighted by Crippen LogP contribution is 2.28. The number of thiazole rings is 1. The first-order valence-corrected chi connectivity index (χ1v) is 13.0. The van der Waals surface area contributed by atoms with E-state index >= 15 is 0 Å². The lowest BCUT2D eigenvalue weighted by Crippen LogP contribution is -2.31. The molecule has 0 spiro atoms. The van der Waals surface area contributed by atoms with Crippen molar-refractivity contribution in [2.45, 2.75) is 57.0 Å². The fraction of sp³-hybridized carbons (Fsp3) is 0.591. The van der Waals surface area contributed by atoms with E-state index in [1.807, 2.05) is 18.7 Å². The number of thioether (sulfide) groups is 1. The summed E-state index contributed by atoms with van der Waals surface area (Å²) in [5.41, 5.74) is 2.51. The van der Waals surface area contributed by atoms with Crippen LogP contribution in [0.2, 0.25) is 0 Å². The van der Waals surface area contributed by atoms with Crippen molar-refractivity contribution in [1.29, 1.82) is 0 Å². The number of hydrogen-bond acceptors (Lipinski definition) is 9. The summed E-state index contributed by atoms with van der Waals surface area (Å²) >= 11 is 2.56. The van der Waals surface area contributed by atoms with E-state index in [1.54, 1.807) is 12.3 Å². The minimum Gasteiger partial charge on any atom is -0.466 e. The van der Waals surface area contributed by atoms with Crippen molar-refractivity contribution in [3.8, 4) is 0 Å². The third-order valence-corrected chi connectivity index (χ3v) is 7.03. The second-order valence-electron chi connectivity index (χ2n) is 8.10. The Morgan fingerprint density at radius 2 is 2.06 bits per heavy atom. The summed E-state index contributed by atoms with van der Waals surface area (Å²) in [5, 5.41) is 5.59. The van der Waals surface area contributed by atoms with Gasteiger partial charge in [0.15, 0.2) is 5.13 Å². The molecule has 0 bridgehead atoms. The SMILES string of the molecule is CCOC(=O)Cc1csc(NC(=O)CSc2nc(=O)n(CCCN(C)C)c3c2CCCC3)n1. The van der Waals surface area contributed by atoms with E-state index in [4.69, 9.17) is 4.74 Å². The number of nitrogens with one attached hydrogen (secondary N) is 1. The average molecular weight is 494 g/mol. The molecule has 0 saturated heterocycles. The lowest BCUT2D eigenvalue weighted by atomic mass is 9.97. The van der Waals surface area contributed by atoms with Crippen molar-refractivity contribution in [3.05, 3.63) is 32.8 Å². The lowest BCUT2D eigenvalue weighted by Gasteiger charge is -2.23. The van der Waals surface area contributed by atoms with Crippen LogP contribution in [0.5, 0.6) is 0 Å². The standard InChI is InChI=1S/C22H31N5O4S2/c1-4-31-19(29)12-15-13-33-21(23-15)24-18(28)14-32-20-16-8-5-6-9-17(16)27(22(30)25-20)11-7-10-26(2)3/h13H,4-12,14H2,1-3H3,(H,23,24,28). The second-order valence-corrected chi connectivity index (χ2v) is 9.93. The van der Waals surface area contributed by atoms with Crippen molar-refractivity contribution in [1.82, 2.24) is 19.4 Å². The lowest BCUT2D eigenvalue weighted by molar-refractivity contribution is -0.142.